The van der Waals surface area contributed by atoms with Crippen molar-refractivity contribution in [3.63, 3.8) is 0 Å². The summed E-state index contributed by atoms with van der Waals surface area (Å²) in [7, 11) is 0. The van der Waals surface area contributed by atoms with Crippen LogP contribution in [-0.2, 0) is 14.3 Å². The molecule has 4 aliphatic carbocycles. The van der Waals surface area contributed by atoms with Crippen molar-refractivity contribution in [2.45, 2.75) is 130 Å². The molecule has 1 saturated heterocycles. The quantitative estimate of drug-likeness (QED) is 0.322. The van der Waals surface area contributed by atoms with Crippen molar-refractivity contribution in [2.75, 3.05) is 0 Å². The normalized spacial score (nSPS) is 50.1. The van der Waals surface area contributed by atoms with Gasteiger partial charge in [0.25, 0.3) is 0 Å². The smallest absolute Gasteiger partial charge is 0.302 e. The van der Waals surface area contributed by atoms with E-state index in [0.29, 0.717) is 11.5 Å². The van der Waals surface area contributed by atoms with E-state index in [2.05, 4.69) is 34.6 Å². The number of hydrogen-bond acceptors (Lipinski definition) is 3. The van der Waals surface area contributed by atoms with Crippen LogP contribution in [0.1, 0.15) is 112 Å². The first-order valence-corrected chi connectivity index (χ1v) is 14.0. The van der Waals surface area contributed by atoms with Crippen LogP contribution in [0.25, 0.3) is 0 Å². The third-order valence-electron chi connectivity index (χ3n) is 11.6. The van der Waals surface area contributed by atoms with E-state index in [1.54, 1.807) is 6.92 Å². The van der Waals surface area contributed by atoms with Crippen molar-refractivity contribution in [2.24, 2.45) is 46.3 Å². The highest BCUT2D eigenvalue weighted by atomic mass is 16.6. The van der Waals surface area contributed by atoms with Gasteiger partial charge in [-0.3, -0.25) is 4.79 Å². The minimum absolute atomic E-state index is 0.00240. The summed E-state index contributed by atoms with van der Waals surface area (Å²) in [6.45, 7) is 14.1. The zero-order chi connectivity index (χ0) is 22.9. The highest BCUT2D eigenvalue weighted by molar-refractivity contribution is 5.66. The number of rotatable bonds is 6. The summed E-state index contributed by atoms with van der Waals surface area (Å²) >= 11 is 0. The molecular formula is C29H48O3. The van der Waals surface area contributed by atoms with E-state index in [1.165, 1.54) is 57.8 Å². The summed E-state index contributed by atoms with van der Waals surface area (Å²) in [5, 5.41) is 0. The van der Waals surface area contributed by atoms with Gasteiger partial charge in [0.15, 0.2) is 0 Å². The molecule has 0 aromatic heterocycles. The fourth-order valence-corrected chi connectivity index (χ4v) is 10.00. The van der Waals surface area contributed by atoms with E-state index in [1.807, 2.05) is 0 Å². The molecule has 1 aliphatic heterocycles. The first-order chi connectivity index (χ1) is 15.1. The van der Waals surface area contributed by atoms with Gasteiger partial charge in [0.1, 0.15) is 11.7 Å². The molecule has 3 heteroatoms. The molecule has 0 aromatic rings. The number of fused-ring (bicyclic) bond motifs is 4. The Balaban J connectivity index is 1.30. The van der Waals surface area contributed by atoms with Crippen molar-refractivity contribution in [3.8, 4) is 0 Å². The Morgan fingerprint density at radius 2 is 1.81 bits per heavy atom. The zero-order valence-corrected chi connectivity index (χ0v) is 21.6. The van der Waals surface area contributed by atoms with E-state index in [-0.39, 0.29) is 23.1 Å². The van der Waals surface area contributed by atoms with E-state index in [9.17, 15) is 4.79 Å². The summed E-state index contributed by atoms with van der Waals surface area (Å²) in [6.07, 6.45) is 14.8. The fraction of sp³-hybridized carbons (Fsp3) is 0.966. The SMILES string of the molecule is CC(=O)O[C@H]1CC[C@]2(C)[C@@H]3CC[C@@]4(C)[C@H](CC[C@H]4[C@H](C)CCCC(C)C)[C@H]3C[C@H]3O[C@]32C1. The predicted molar refractivity (Wildman–Crippen MR) is 128 cm³/mol. The Hall–Kier alpha value is -0.570. The lowest BCUT2D eigenvalue weighted by atomic mass is 9.44. The van der Waals surface area contributed by atoms with Gasteiger partial charge in [0.2, 0.25) is 0 Å². The van der Waals surface area contributed by atoms with Crippen LogP contribution in [-0.4, -0.2) is 23.8 Å². The predicted octanol–water partition coefficient (Wildman–Crippen LogP) is 7.17. The molecule has 0 radical (unpaired) electrons. The molecular weight excluding hydrogens is 396 g/mol. The lowest BCUT2D eigenvalue weighted by Gasteiger charge is -2.59. The van der Waals surface area contributed by atoms with Crippen LogP contribution in [0.4, 0.5) is 0 Å². The van der Waals surface area contributed by atoms with E-state index >= 15 is 0 Å². The summed E-state index contributed by atoms with van der Waals surface area (Å²) in [6, 6.07) is 0. The van der Waals surface area contributed by atoms with Gasteiger partial charge in [0.05, 0.1) is 6.10 Å². The Bertz CT molecular complexity index is 732. The van der Waals surface area contributed by atoms with Crippen molar-refractivity contribution < 1.29 is 14.3 Å². The highest BCUT2D eigenvalue weighted by Gasteiger charge is 2.76. The second-order valence-electron chi connectivity index (χ2n) is 13.5. The second kappa shape index (κ2) is 7.99. The van der Waals surface area contributed by atoms with Crippen molar-refractivity contribution in [1.82, 2.24) is 0 Å². The van der Waals surface area contributed by atoms with Crippen LogP contribution < -0.4 is 0 Å². The summed E-state index contributed by atoms with van der Waals surface area (Å²) < 4.78 is 12.3. The molecule has 1 heterocycles. The van der Waals surface area contributed by atoms with Crippen LogP contribution in [0.15, 0.2) is 0 Å². The van der Waals surface area contributed by atoms with Gasteiger partial charge in [-0.25, -0.2) is 0 Å². The van der Waals surface area contributed by atoms with Gasteiger partial charge in [-0.15, -0.1) is 0 Å². The van der Waals surface area contributed by atoms with E-state index < -0.39 is 0 Å². The molecule has 1 spiro atoms. The molecule has 0 aromatic carbocycles. The largest absolute Gasteiger partial charge is 0.462 e. The molecule has 0 bridgehead atoms. The molecule has 5 rings (SSSR count). The number of hydrogen-bond donors (Lipinski definition) is 0. The summed E-state index contributed by atoms with van der Waals surface area (Å²) in [5.74, 6) is 5.03. The van der Waals surface area contributed by atoms with E-state index in [4.69, 9.17) is 9.47 Å². The molecule has 182 valence electrons. The van der Waals surface area contributed by atoms with Gasteiger partial charge >= 0.3 is 5.97 Å². The maximum atomic E-state index is 11.6. The zero-order valence-electron chi connectivity index (χ0n) is 21.6. The van der Waals surface area contributed by atoms with Gasteiger partial charge in [0, 0.05) is 18.8 Å². The van der Waals surface area contributed by atoms with Crippen LogP contribution in [0.3, 0.4) is 0 Å². The molecule has 4 saturated carbocycles. The molecule has 10 atom stereocenters. The van der Waals surface area contributed by atoms with Crippen LogP contribution >= 0.6 is 0 Å². The number of carbonyl (C=O) groups excluding carboxylic acids is 1. The molecule has 0 unspecified atom stereocenters. The van der Waals surface area contributed by atoms with Crippen LogP contribution in [0.5, 0.6) is 0 Å². The molecule has 0 N–H and O–H groups in total. The number of esters is 1. The number of epoxide rings is 1. The summed E-state index contributed by atoms with van der Waals surface area (Å²) in [5.41, 5.74) is 0.820. The molecule has 5 fully saturated rings. The Labute approximate surface area is 196 Å². The van der Waals surface area contributed by atoms with E-state index in [0.717, 1.165) is 48.3 Å². The lowest BCUT2D eigenvalue weighted by Crippen LogP contribution is -2.59. The second-order valence-corrected chi connectivity index (χ2v) is 13.5. The van der Waals surface area contributed by atoms with Gasteiger partial charge in [-0.2, -0.15) is 0 Å². The van der Waals surface area contributed by atoms with Gasteiger partial charge < -0.3 is 9.47 Å². The van der Waals surface area contributed by atoms with Crippen molar-refractivity contribution >= 4 is 5.97 Å². The Morgan fingerprint density at radius 1 is 1.03 bits per heavy atom. The standard InChI is InChI=1S/C29H48O3/c1-18(2)8-7-9-19(3)23-10-11-24-22-16-26-29(32-26)17-21(31-20(4)30)12-15-28(29,6)25(22)13-14-27(23,24)5/h18-19,21-26H,7-17H2,1-6H3/t19-,21+,22-,23+,24-,25-,26-,27-,28-,29-/m1/s1. The number of carbonyl (C=O) groups is 1. The lowest BCUT2D eigenvalue weighted by molar-refractivity contribution is -0.157. The Kier molecular flexibility index (Phi) is 5.79. The summed E-state index contributed by atoms with van der Waals surface area (Å²) in [4.78, 5) is 11.6. The van der Waals surface area contributed by atoms with Gasteiger partial charge in [-0.05, 0) is 85.9 Å². The van der Waals surface area contributed by atoms with Crippen molar-refractivity contribution in [1.29, 1.82) is 0 Å². The average molecular weight is 445 g/mol. The topological polar surface area (TPSA) is 38.8 Å². The minimum atomic E-state index is -0.131. The van der Waals surface area contributed by atoms with Gasteiger partial charge in [-0.1, -0.05) is 53.9 Å². The third-order valence-corrected chi connectivity index (χ3v) is 11.6. The maximum absolute atomic E-state index is 11.6. The monoisotopic (exact) mass is 444 g/mol. The number of ether oxygens (including phenoxy) is 2. The molecule has 0 amide bonds. The van der Waals surface area contributed by atoms with Crippen LogP contribution in [0.2, 0.25) is 0 Å². The molecule has 32 heavy (non-hydrogen) atoms. The first kappa shape index (κ1) is 23.2. The average Bonchev–Trinajstić information content (AvgIpc) is 3.28. The van der Waals surface area contributed by atoms with Crippen molar-refractivity contribution in [3.05, 3.63) is 0 Å². The molecule has 5 aliphatic rings. The fourth-order valence-electron chi connectivity index (χ4n) is 10.00. The third kappa shape index (κ3) is 3.42. The maximum Gasteiger partial charge on any atom is 0.302 e. The van der Waals surface area contributed by atoms with Crippen LogP contribution in [0, 0.1) is 46.3 Å². The first-order valence-electron chi connectivity index (χ1n) is 14.0. The molecule has 3 nitrogen and oxygen atoms in total. The minimum Gasteiger partial charge on any atom is -0.462 e. The Morgan fingerprint density at radius 3 is 2.53 bits per heavy atom. The highest BCUT2D eigenvalue weighted by Crippen LogP contribution is 2.74.